The van der Waals surface area contributed by atoms with Gasteiger partial charge in [-0.15, -0.1) is 12.4 Å². The zero-order valence-corrected chi connectivity index (χ0v) is 22.5. The smallest absolute Gasteiger partial charge is 0.251 e. The van der Waals surface area contributed by atoms with E-state index < -0.39 is 0 Å². The van der Waals surface area contributed by atoms with Crippen LogP contribution >= 0.6 is 12.4 Å². The van der Waals surface area contributed by atoms with Gasteiger partial charge in [-0.1, -0.05) is 55.8 Å². The number of anilines is 1. The molecular weight excluding hydrogens is 492 g/mol. The van der Waals surface area contributed by atoms with Crippen LogP contribution in [-0.2, 0) is 6.42 Å². The minimum atomic E-state index is -0.352. The van der Waals surface area contributed by atoms with Crippen molar-refractivity contribution in [3.05, 3.63) is 84.2 Å². The van der Waals surface area contributed by atoms with Gasteiger partial charge in [0.05, 0.1) is 11.3 Å². The largest absolute Gasteiger partial charge is 0.368 e. The van der Waals surface area contributed by atoms with Gasteiger partial charge in [-0.05, 0) is 69.3 Å². The van der Waals surface area contributed by atoms with Crippen LogP contribution in [0.15, 0.2) is 73.1 Å². The Balaban J connectivity index is 0.00000294. The van der Waals surface area contributed by atoms with Crippen molar-refractivity contribution in [1.29, 1.82) is 0 Å². The molecule has 3 N–H and O–H groups in total. The Morgan fingerprint density at radius 1 is 0.947 bits per heavy atom. The van der Waals surface area contributed by atoms with Crippen LogP contribution < -0.4 is 16.0 Å². The second kappa shape index (κ2) is 11.0. The molecule has 0 radical (unpaired) electrons. The first kappa shape index (κ1) is 26.0. The second-order valence-corrected chi connectivity index (χ2v) is 9.93. The van der Waals surface area contributed by atoms with E-state index in [1.54, 1.807) is 0 Å². The van der Waals surface area contributed by atoms with Gasteiger partial charge >= 0.3 is 0 Å². The van der Waals surface area contributed by atoms with Crippen LogP contribution in [0.5, 0.6) is 0 Å². The van der Waals surface area contributed by atoms with E-state index in [1.807, 2.05) is 18.5 Å². The quantitative estimate of drug-likeness (QED) is 0.249. The molecule has 2 heterocycles. The number of carbonyl (C=O) groups is 1. The van der Waals surface area contributed by atoms with Gasteiger partial charge in [-0.2, -0.15) is 0 Å². The first-order valence-electron chi connectivity index (χ1n) is 13.3. The van der Waals surface area contributed by atoms with Gasteiger partial charge in [0.25, 0.3) is 5.91 Å². The van der Waals surface area contributed by atoms with Crippen molar-refractivity contribution in [2.75, 3.05) is 31.1 Å². The molecule has 194 valence electrons. The Morgan fingerprint density at radius 2 is 1.66 bits per heavy atom. The third-order valence-corrected chi connectivity index (χ3v) is 7.66. The molecule has 4 aromatic carbocycles. The molecule has 0 atom stereocenters. The summed E-state index contributed by atoms with van der Waals surface area (Å²) in [6.45, 7) is 5.64. The fraction of sp³-hybridized carbons (Fsp3) is 0.250. The molecule has 1 fully saturated rings. The van der Waals surface area contributed by atoms with E-state index in [2.05, 4.69) is 76.7 Å². The number of amides is 1. The van der Waals surface area contributed by atoms with Gasteiger partial charge in [0.1, 0.15) is 0 Å². The Hall–Kier alpha value is -3.67. The number of nitrogens with one attached hydrogen (secondary N) is 1. The number of halogens is 1. The number of hydrogen-bond acceptors (Lipinski definition) is 4. The van der Waals surface area contributed by atoms with E-state index in [0.717, 1.165) is 89.4 Å². The lowest BCUT2D eigenvalue weighted by Gasteiger charge is -2.34. The normalized spacial score (nSPS) is 13.7. The topological polar surface area (TPSA) is 71.2 Å². The first-order valence-corrected chi connectivity index (χ1v) is 13.3. The summed E-state index contributed by atoms with van der Waals surface area (Å²) < 4.78 is 0. The highest BCUT2D eigenvalue weighted by Gasteiger charge is 2.28. The van der Waals surface area contributed by atoms with Gasteiger partial charge in [0.2, 0.25) is 0 Å². The average Bonchev–Trinajstić information content (AvgIpc) is 2.94. The molecule has 5 nitrogen and oxygen atoms in total. The summed E-state index contributed by atoms with van der Waals surface area (Å²) in [4.78, 5) is 20.2. The molecule has 6 rings (SSSR count). The predicted molar refractivity (Wildman–Crippen MR) is 162 cm³/mol. The molecule has 0 spiro atoms. The standard InChI is InChI=1S/C32H32N4O.ClH/c1-2-3-10-25-29(24-11-6-9-21-12-13-35-20-28(21)24)26-18-22-7-4-5-8-23(22)19-27(26)31(30(25)32(33)37)36-16-14-34-15-17-36;/h4-9,11-13,18-20,34H,2-3,10,14-17H2,1H3,(H2,33,37);1H. The number of nitrogens with two attached hydrogens (primary N) is 1. The maximum atomic E-state index is 13.4. The van der Waals surface area contributed by atoms with Crippen LogP contribution in [0, 0.1) is 0 Å². The minimum absolute atomic E-state index is 0. The predicted octanol–water partition coefficient (Wildman–Crippen LogP) is 6.48. The van der Waals surface area contributed by atoms with Gasteiger partial charge in [-0.25, -0.2) is 0 Å². The number of unbranched alkanes of at least 4 members (excludes halogenated alkanes) is 1. The average molecular weight is 525 g/mol. The molecule has 38 heavy (non-hydrogen) atoms. The van der Waals surface area contributed by atoms with Gasteiger partial charge in [0, 0.05) is 49.3 Å². The summed E-state index contributed by atoms with van der Waals surface area (Å²) in [6.07, 6.45) is 6.58. The number of aromatic nitrogens is 1. The van der Waals surface area contributed by atoms with E-state index in [9.17, 15) is 4.79 Å². The van der Waals surface area contributed by atoms with E-state index in [-0.39, 0.29) is 18.3 Å². The third kappa shape index (κ3) is 4.46. The molecule has 1 amide bonds. The van der Waals surface area contributed by atoms with Crippen molar-refractivity contribution >= 4 is 56.3 Å². The fourth-order valence-corrected chi connectivity index (χ4v) is 5.93. The van der Waals surface area contributed by atoms with Crippen LogP contribution in [0.2, 0.25) is 0 Å². The van der Waals surface area contributed by atoms with Crippen LogP contribution in [-0.4, -0.2) is 37.1 Å². The number of fused-ring (bicyclic) bond motifs is 3. The molecular formula is C32H33ClN4O. The van der Waals surface area contributed by atoms with Gasteiger partial charge in [0.15, 0.2) is 0 Å². The van der Waals surface area contributed by atoms with Crippen LogP contribution in [0.3, 0.4) is 0 Å². The molecule has 1 aliphatic heterocycles. The summed E-state index contributed by atoms with van der Waals surface area (Å²) in [5.74, 6) is -0.352. The van der Waals surface area contributed by atoms with Crippen molar-refractivity contribution in [3.8, 4) is 11.1 Å². The summed E-state index contributed by atoms with van der Waals surface area (Å²) in [5, 5.41) is 10.3. The number of hydrogen-bond donors (Lipinski definition) is 2. The minimum Gasteiger partial charge on any atom is -0.368 e. The lowest BCUT2D eigenvalue weighted by Crippen LogP contribution is -2.44. The van der Waals surface area contributed by atoms with Crippen molar-refractivity contribution in [1.82, 2.24) is 10.3 Å². The SMILES string of the molecule is CCCCc1c(C(N)=O)c(N2CCNCC2)c2cc3ccccc3cc2c1-c1cccc2ccncc12.Cl. The van der Waals surface area contributed by atoms with Crippen LogP contribution in [0.25, 0.3) is 43.4 Å². The van der Waals surface area contributed by atoms with Crippen molar-refractivity contribution in [2.24, 2.45) is 5.73 Å². The molecule has 0 bridgehead atoms. The highest BCUT2D eigenvalue weighted by atomic mass is 35.5. The van der Waals surface area contributed by atoms with E-state index in [0.29, 0.717) is 5.56 Å². The van der Waals surface area contributed by atoms with E-state index >= 15 is 0 Å². The molecule has 0 unspecified atom stereocenters. The van der Waals surface area contributed by atoms with Crippen LogP contribution in [0.1, 0.15) is 35.7 Å². The second-order valence-electron chi connectivity index (χ2n) is 9.93. The van der Waals surface area contributed by atoms with Gasteiger partial charge < -0.3 is 16.0 Å². The Bertz CT molecular complexity index is 1640. The van der Waals surface area contributed by atoms with Crippen molar-refractivity contribution in [2.45, 2.75) is 26.2 Å². The zero-order valence-electron chi connectivity index (χ0n) is 21.7. The lowest BCUT2D eigenvalue weighted by molar-refractivity contribution is 0.1000. The molecule has 6 heteroatoms. The van der Waals surface area contributed by atoms with E-state index in [4.69, 9.17) is 5.73 Å². The first-order chi connectivity index (χ1) is 18.2. The number of primary amides is 1. The number of pyridine rings is 1. The zero-order chi connectivity index (χ0) is 25.4. The number of carbonyl (C=O) groups excluding carboxylic acids is 1. The Morgan fingerprint density at radius 3 is 2.37 bits per heavy atom. The summed E-state index contributed by atoms with van der Waals surface area (Å²) >= 11 is 0. The molecule has 5 aromatic rings. The molecule has 1 saturated heterocycles. The van der Waals surface area contributed by atoms with Gasteiger partial charge in [-0.3, -0.25) is 9.78 Å². The lowest BCUT2D eigenvalue weighted by atomic mass is 9.83. The summed E-state index contributed by atoms with van der Waals surface area (Å²) in [5.41, 5.74) is 11.2. The fourth-order valence-electron chi connectivity index (χ4n) is 5.93. The molecule has 1 aliphatic rings. The monoisotopic (exact) mass is 524 g/mol. The number of nitrogens with zero attached hydrogens (tertiary/aromatic N) is 2. The Labute approximate surface area is 229 Å². The number of rotatable bonds is 6. The van der Waals surface area contributed by atoms with E-state index in [1.165, 1.54) is 10.8 Å². The highest BCUT2D eigenvalue weighted by molar-refractivity contribution is 6.19. The highest BCUT2D eigenvalue weighted by Crippen LogP contribution is 2.45. The Kier molecular flexibility index (Phi) is 7.50. The maximum Gasteiger partial charge on any atom is 0.251 e. The molecule has 1 aromatic heterocycles. The molecule has 0 aliphatic carbocycles. The number of piperazine rings is 1. The van der Waals surface area contributed by atoms with Crippen LogP contribution in [0.4, 0.5) is 5.69 Å². The van der Waals surface area contributed by atoms with Crippen molar-refractivity contribution < 1.29 is 4.79 Å². The maximum absolute atomic E-state index is 13.4. The summed E-state index contributed by atoms with van der Waals surface area (Å²) in [7, 11) is 0. The third-order valence-electron chi connectivity index (χ3n) is 7.66. The molecule has 0 saturated carbocycles. The summed E-state index contributed by atoms with van der Waals surface area (Å²) in [6, 6.07) is 21.5. The van der Waals surface area contributed by atoms with Crippen molar-refractivity contribution in [3.63, 3.8) is 0 Å². The number of benzene rings is 4.